The summed E-state index contributed by atoms with van der Waals surface area (Å²) in [5.74, 6) is 0.0854. The van der Waals surface area contributed by atoms with Gasteiger partial charge in [0.25, 0.3) is 0 Å². The van der Waals surface area contributed by atoms with Crippen molar-refractivity contribution in [1.29, 1.82) is 0 Å². The van der Waals surface area contributed by atoms with Crippen molar-refractivity contribution >= 4 is 17.3 Å². The van der Waals surface area contributed by atoms with Crippen molar-refractivity contribution in [2.24, 2.45) is 0 Å². The first-order chi connectivity index (χ1) is 10.1. The Morgan fingerprint density at radius 1 is 1.29 bits per heavy atom. The average Bonchev–Trinajstić information content (AvgIpc) is 2.67. The fourth-order valence-corrected chi connectivity index (χ4v) is 2.90. The minimum atomic E-state index is 0.0854. The lowest BCUT2D eigenvalue weighted by atomic mass is 10.1. The summed E-state index contributed by atoms with van der Waals surface area (Å²) in [5.41, 5.74) is 7.16. The molecule has 1 aromatic rings. The average molecular weight is 289 g/mol. The number of hydrogen-bond donors (Lipinski definition) is 2. The van der Waals surface area contributed by atoms with Gasteiger partial charge in [0, 0.05) is 23.8 Å². The van der Waals surface area contributed by atoms with Gasteiger partial charge in [-0.3, -0.25) is 4.79 Å². The molecule has 0 aliphatic carbocycles. The summed E-state index contributed by atoms with van der Waals surface area (Å²) in [4.78, 5) is 14.5. The van der Waals surface area contributed by atoms with E-state index < -0.39 is 0 Å². The second-order valence-electron chi connectivity index (χ2n) is 6.01. The third-order valence-electron chi connectivity index (χ3n) is 4.23. The number of carbonyl (C=O) groups excluding carboxylic acids is 1. The minimum absolute atomic E-state index is 0.0854. The number of amides is 1. The predicted octanol–water partition coefficient (Wildman–Crippen LogP) is 3.25. The van der Waals surface area contributed by atoms with E-state index in [1.165, 1.54) is 32.2 Å². The number of rotatable bonds is 5. The Morgan fingerprint density at radius 3 is 2.81 bits per heavy atom. The molecule has 1 aromatic carbocycles. The monoisotopic (exact) mass is 289 g/mol. The molecule has 0 spiro atoms. The maximum absolute atomic E-state index is 11.9. The van der Waals surface area contributed by atoms with Crippen LogP contribution in [0.3, 0.4) is 0 Å². The first-order valence-electron chi connectivity index (χ1n) is 8.04. The highest BCUT2D eigenvalue weighted by Crippen LogP contribution is 2.17. The molecule has 4 nitrogen and oxygen atoms in total. The summed E-state index contributed by atoms with van der Waals surface area (Å²) in [7, 11) is 0. The number of benzene rings is 1. The molecule has 1 heterocycles. The molecule has 1 fully saturated rings. The molecule has 0 bridgehead atoms. The number of nitrogens with one attached hydrogen (secondary N) is 1. The van der Waals surface area contributed by atoms with E-state index in [-0.39, 0.29) is 5.91 Å². The molecule has 1 amide bonds. The Balaban J connectivity index is 1.70. The van der Waals surface area contributed by atoms with Crippen LogP contribution in [0.25, 0.3) is 0 Å². The van der Waals surface area contributed by atoms with Gasteiger partial charge < -0.3 is 16.0 Å². The van der Waals surface area contributed by atoms with E-state index in [1.54, 1.807) is 12.1 Å². The number of nitrogens with two attached hydrogens (primary N) is 1. The maximum Gasteiger partial charge on any atom is 0.224 e. The van der Waals surface area contributed by atoms with Gasteiger partial charge in [0.2, 0.25) is 5.91 Å². The van der Waals surface area contributed by atoms with Gasteiger partial charge in [-0.15, -0.1) is 0 Å². The Bertz CT molecular complexity index is 444. The lowest BCUT2D eigenvalue weighted by Crippen LogP contribution is -2.33. The molecule has 1 atom stereocenters. The van der Waals surface area contributed by atoms with Crippen LogP contribution in [0.4, 0.5) is 11.4 Å². The van der Waals surface area contributed by atoms with Crippen molar-refractivity contribution in [3.05, 3.63) is 24.3 Å². The van der Waals surface area contributed by atoms with E-state index in [9.17, 15) is 4.79 Å². The van der Waals surface area contributed by atoms with Crippen LogP contribution >= 0.6 is 0 Å². The fraction of sp³-hybridized carbons (Fsp3) is 0.588. The second-order valence-corrected chi connectivity index (χ2v) is 6.01. The molecular formula is C17H27N3O. The lowest BCUT2D eigenvalue weighted by molar-refractivity contribution is -0.116. The maximum atomic E-state index is 11.9. The van der Waals surface area contributed by atoms with Gasteiger partial charge in [-0.25, -0.2) is 0 Å². The molecule has 0 radical (unpaired) electrons. The summed E-state index contributed by atoms with van der Waals surface area (Å²) in [6.07, 6.45) is 6.77. The first kappa shape index (κ1) is 15.8. The van der Waals surface area contributed by atoms with Crippen LogP contribution in [0.5, 0.6) is 0 Å². The van der Waals surface area contributed by atoms with Crippen LogP contribution in [-0.4, -0.2) is 29.9 Å². The third-order valence-corrected chi connectivity index (χ3v) is 4.23. The normalized spacial score (nSPS) is 20.0. The quantitative estimate of drug-likeness (QED) is 0.818. The highest BCUT2D eigenvalue weighted by Gasteiger charge is 2.16. The van der Waals surface area contributed by atoms with Gasteiger partial charge >= 0.3 is 0 Å². The van der Waals surface area contributed by atoms with Gasteiger partial charge in [0.15, 0.2) is 0 Å². The zero-order chi connectivity index (χ0) is 15.1. The third kappa shape index (κ3) is 5.38. The molecule has 0 aromatic heterocycles. The van der Waals surface area contributed by atoms with Crippen LogP contribution in [-0.2, 0) is 4.79 Å². The molecule has 0 saturated carbocycles. The Kier molecular flexibility index (Phi) is 6.05. The van der Waals surface area contributed by atoms with Gasteiger partial charge in [-0.2, -0.15) is 0 Å². The summed E-state index contributed by atoms with van der Waals surface area (Å²) in [6.45, 7) is 4.51. The number of nitrogens with zero attached hydrogens (tertiary/aromatic N) is 1. The summed E-state index contributed by atoms with van der Waals surface area (Å²) < 4.78 is 0. The molecule has 1 unspecified atom stereocenters. The molecule has 116 valence electrons. The highest BCUT2D eigenvalue weighted by molar-refractivity contribution is 5.90. The number of nitrogen functional groups attached to an aromatic ring is 1. The number of carbonyl (C=O) groups is 1. The zero-order valence-electron chi connectivity index (χ0n) is 13.0. The Labute approximate surface area is 127 Å². The van der Waals surface area contributed by atoms with Crippen molar-refractivity contribution in [3.8, 4) is 0 Å². The number of hydrogen-bond acceptors (Lipinski definition) is 3. The van der Waals surface area contributed by atoms with Crippen molar-refractivity contribution in [2.75, 3.05) is 24.1 Å². The van der Waals surface area contributed by atoms with E-state index in [0.29, 0.717) is 18.2 Å². The first-order valence-corrected chi connectivity index (χ1v) is 8.04. The molecule has 3 N–H and O–H groups in total. The van der Waals surface area contributed by atoms with Crippen LogP contribution < -0.4 is 11.1 Å². The molecule has 1 aliphatic rings. The Hall–Kier alpha value is -1.55. The Morgan fingerprint density at radius 2 is 2.05 bits per heavy atom. The van der Waals surface area contributed by atoms with Gasteiger partial charge in [-0.05, 0) is 63.5 Å². The largest absolute Gasteiger partial charge is 0.399 e. The van der Waals surface area contributed by atoms with Crippen LogP contribution in [0, 0.1) is 0 Å². The smallest absolute Gasteiger partial charge is 0.224 e. The van der Waals surface area contributed by atoms with Crippen molar-refractivity contribution in [1.82, 2.24) is 4.90 Å². The van der Waals surface area contributed by atoms with E-state index in [2.05, 4.69) is 17.1 Å². The molecule has 21 heavy (non-hydrogen) atoms. The topological polar surface area (TPSA) is 58.4 Å². The fourth-order valence-electron chi connectivity index (χ4n) is 2.90. The van der Waals surface area contributed by atoms with Crippen molar-refractivity contribution in [3.63, 3.8) is 0 Å². The van der Waals surface area contributed by atoms with E-state index in [0.717, 1.165) is 18.7 Å². The minimum Gasteiger partial charge on any atom is -0.399 e. The summed E-state index contributed by atoms with van der Waals surface area (Å²) in [5, 5.41) is 2.92. The van der Waals surface area contributed by atoms with Gasteiger partial charge in [0.1, 0.15) is 0 Å². The van der Waals surface area contributed by atoms with E-state index in [4.69, 9.17) is 5.73 Å². The summed E-state index contributed by atoms with van der Waals surface area (Å²) in [6, 6.07) is 7.93. The molecule has 4 heteroatoms. The second kappa shape index (κ2) is 8.03. The van der Waals surface area contributed by atoms with E-state index >= 15 is 0 Å². The lowest BCUT2D eigenvalue weighted by Gasteiger charge is -2.26. The zero-order valence-corrected chi connectivity index (χ0v) is 13.0. The van der Waals surface area contributed by atoms with Crippen LogP contribution in [0.1, 0.15) is 45.4 Å². The summed E-state index contributed by atoms with van der Waals surface area (Å²) >= 11 is 0. The standard InChI is InChI=1S/C17H27N3O/c1-14-6-3-2-4-12-20(14)13-5-7-17(21)19-16-10-8-15(18)9-11-16/h8-11,14H,2-7,12-13,18H2,1H3,(H,19,21). The van der Waals surface area contributed by atoms with Crippen LogP contribution in [0.15, 0.2) is 24.3 Å². The van der Waals surface area contributed by atoms with E-state index in [1.807, 2.05) is 12.1 Å². The molecular weight excluding hydrogens is 262 g/mol. The SMILES string of the molecule is CC1CCCCCN1CCCC(=O)Nc1ccc(N)cc1. The highest BCUT2D eigenvalue weighted by atomic mass is 16.1. The molecule has 1 aliphatic heterocycles. The number of likely N-dealkylation sites (tertiary alicyclic amines) is 1. The molecule has 2 rings (SSSR count). The van der Waals surface area contributed by atoms with Crippen molar-refractivity contribution in [2.45, 2.75) is 51.5 Å². The van der Waals surface area contributed by atoms with Crippen LogP contribution in [0.2, 0.25) is 0 Å². The predicted molar refractivity (Wildman–Crippen MR) is 88.2 cm³/mol. The van der Waals surface area contributed by atoms with Gasteiger partial charge in [0.05, 0.1) is 0 Å². The van der Waals surface area contributed by atoms with Gasteiger partial charge in [-0.1, -0.05) is 12.8 Å². The van der Waals surface area contributed by atoms with Crippen molar-refractivity contribution < 1.29 is 4.79 Å². The number of anilines is 2. The molecule has 1 saturated heterocycles.